The number of rotatable bonds is 4. The fourth-order valence-corrected chi connectivity index (χ4v) is 3.13. The fraction of sp³-hybridized carbons (Fsp3) is 0.750. The second kappa shape index (κ2) is 7.03. The zero-order chi connectivity index (χ0) is 15.4. The molecule has 1 saturated carbocycles. The Morgan fingerprint density at radius 3 is 2.68 bits per heavy atom. The predicted molar refractivity (Wildman–Crippen MR) is 90.3 cm³/mol. The molecule has 1 atom stereocenters. The highest BCUT2D eigenvalue weighted by Crippen LogP contribution is 2.20. The Bertz CT molecular complexity index is 504. The van der Waals surface area contributed by atoms with E-state index in [2.05, 4.69) is 38.7 Å². The molecule has 0 radical (unpaired) electrons. The van der Waals surface area contributed by atoms with Gasteiger partial charge in [0.05, 0.1) is 11.9 Å². The summed E-state index contributed by atoms with van der Waals surface area (Å²) in [7, 11) is 1.97. The monoisotopic (exact) mass is 304 g/mol. The van der Waals surface area contributed by atoms with E-state index >= 15 is 0 Å². The van der Waals surface area contributed by atoms with Gasteiger partial charge in [0.25, 0.3) is 0 Å². The molecule has 22 heavy (non-hydrogen) atoms. The third kappa shape index (κ3) is 3.72. The van der Waals surface area contributed by atoms with E-state index in [1.54, 1.807) is 0 Å². The number of aliphatic imine (C=N–C) groups is 1. The van der Waals surface area contributed by atoms with Crippen LogP contribution in [0.2, 0.25) is 0 Å². The Balaban J connectivity index is 1.57. The summed E-state index contributed by atoms with van der Waals surface area (Å²) in [5.74, 6) is 0.991. The number of hydrogen-bond acceptors (Lipinski definition) is 3. The van der Waals surface area contributed by atoms with Gasteiger partial charge in [0.1, 0.15) is 0 Å². The van der Waals surface area contributed by atoms with Crippen molar-refractivity contribution < 1.29 is 0 Å². The molecule has 2 aliphatic rings. The van der Waals surface area contributed by atoms with E-state index in [1.165, 1.54) is 37.8 Å². The summed E-state index contributed by atoms with van der Waals surface area (Å²) >= 11 is 0. The molecule has 6 nitrogen and oxygen atoms in total. The smallest absolute Gasteiger partial charge is 0.191 e. The van der Waals surface area contributed by atoms with Crippen LogP contribution in [0.5, 0.6) is 0 Å². The van der Waals surface area contributed by atoms with Crippen molar-refractivity contribution in [3.8, 4) is 0 Å². The topological polar surface area (TPSA) is 57.5 Å². The van der Waals surface area contributed by atoms with Crippen LogP contribution in [-0.4, -0.2) is 47.5 Å². The van der Waals surface area contributed by atoms with Gasteiger partial charge in [-0.2, -0.15) is 5.10 Å². The van der Waals surface area contributed by atoms with Crippen molar-refractivity contribution in [1.29, 1.82) is 0 Å². The number of aromatic nitrogens is 2. The summed E-state index contributed by atoms with van der Waals surface area (Å²) in [5.41, 5.74) is 1.22. The van der Waals surface area contributed by atoms with Crippen molar-refractivity contribution in [2.75, 3.05) is 24.5 Å². The summed E-state index contributed by atoms with van der Waals surface area (Å²) in [6.45, 7) is 5.04. The van der Waals surface area contributed by atoms with Gasteiger partial charge in [-0.3, -0.25) is 9.67 Å². The van der Waals surface area contributed by atoms with Crippen LogP contribution in [0.3, 0.4) is 0 Å². The Labute approximate surface area is 133 Å². The van der Waals surface area contributed by atoms with Crippen LogP contribution in [-0.2, 0) is 7.05 Å². The first-order chi connectivity index (χ1) is 10.7. The normalized spacial score (nSPS) is 23.3. The maximum Gasteiger partial charge on any atom is 0.191 e. The van der Waals surface area contributed by atoms with E-state index in [0.29, 0.717) is 12.1 Å². The van der Waals surface area contributed by atoms with Crippen molar-refractivity contribution in [2.45, 2.75) is 51.1 Å². The SMILES string of the molecule is CCN=C(NC1CCC1)NC1CCCN(c2cnn(C)c2)C1. The van der Waals surface area contributed by atoms with Crippen molar-refractivity contribution in [1.82, 2.24) is 20.4 Å². The molecule has 6 heteroatoms. The van der Waals surface area contributed by atoms with Gasteiger partial charge in [-0.1, -0.05) is 0 Å². The van der Waals surface area contributed by atoms with Gasteiger partial charge in [-0.25, -0.2) is 0 Å². The highest BCUT2D eigenvalue weighted by atomic mass is 15.3. The predicted octanol–water partition coefficient (Wildman–Crippen LogP) is 1.50. The highest BCUT2D eigenvalue weighted by Gasteiger charge is 2.24. The van der Waals surface area contributed by atoms with E-state index in [0.717, 1.165) is 25.6 Å². The van der Waals surface area contributed by atoms with Crippen LogP contribution in [0.1, 0.15) is 39.0 Å². The molecule has 1 aliphatic heterocycles. The number of guanidine groups is 1. The number of piperidine rings is 1. The molecular weight excluding hydrogens is 276 g/mol. The minimum absolute atomic E-state index is 0.451. The van der Waals surface area contributed by atoms with E-state index < -0.39 is 0 Å². The van der Waals surface area contributed by atoms with E-state index in [4.69, 9.17) is 0 Å². The molecule has 1 aromatic rings. The van der Waals surface area contributed by atoms with Crippen LogP contribution in [0.15, 0.2) is 17.4 Å². The Morgan fingerprint density at radius 2 is 2.05 bits per heavy atom. The summed E-state index contributed by atoms with van der Waals surface area (Å²) in [6.07, 6.45) is 10.3. The van der Waals surface area contributed by atoms with E-state index in [1.807, 2.05) is 17.9 Å². The summed E-state index contributed by atoms with van der Waals surface area (Å²) in [5, 5.41) is 11.5. The van der Waals surface area contributed by atoms with E-state index in [-0.39, 0.29) is 0 Å². The Morgan fingerprint density at radius 1 is 1.27 bits per heavy atom. The van der Waals surface area contributed by atoms with Crippen LogP contribution in [0.4, 0.5) is 5.69 Å². The van der Waals surface area contributed by atoms with Crippen LogP contribution in [0.25, 0.3) is 0 Å². The first kappa shape index (κ1) is 15.2. The molecule has 122 valence electrons. The molecule has 1 unspecified atom stereocenters. The van der Waals surface area contributed by atoms with Crippen LogP contribution < -0.4 is 15.5 Å². The quantitative estimate of drug-likeness (QED) is 0.654. The molecule has 0 amide bonds. The lowest BCUT2D eigenvalue weighted by molar-refractivity contribution is 0.374. The summed E-state index contributed by atoms with van der Waals surface area (Å²) in [4.78, 5) is 7.02. The van der Waals surface area contributed by atoms with Crippen LogP contribution >= 0.6 is 0 Å². The second-order valence-corrected chi connectivity index (χ2v) is 6.40. The molecule has 0 aromatic carbocycles. The standard InChI is InChI=1S/C16H28N6/c1-3-17-16(19-13-6-4-7-13)20-14-8-5-9-22(11-14)15-10-18-21(2)12-15/h10,12-14H,3-9,11H2,1-2H3,(H2,17,19,20). The van der Waals surface area contributed by atoms with Crippen molar-refractivity contribution in [3.63, 3.8) is 0 Å². The number of hydrogen-bond donors (Lipinski definition) is 2. The van der Waals surface area contributed by atoms with Crippen molar-refractivity contribution >= 4 is 11.6 Å². The number of nitrogens with zero attached hydrogens (tertiary/aromatic N) is 4. The van der Waals surface area contributed by atoms with Crippen molar-refractivity contribution in [2.24, 2.45) is 12.0 Å². The maximum absolute atomic E-state index is 4.60. The average Bonchev–Trinajstić information content (AvgIpc) is 2.90. The van der Waals surface area contributed by atoms with Crippen molar-refractivity contribution in [3.05, 3.63) is 12.4 Å². The zero-order valence-corrected chi connectivity index (χ0v) is 13.8. The van der Waals surface area contributed by atoms with Crippen LogP contribution in [0, 0.1) is 0 Å². The van der Waals surface area contributed by atoms with E-state index in [9.17, 15) is 0 Å². The lowest BCUT2D eigenvalue weighted by atomic mass is 9.93. The molecule has 1 aliphatic carbocycles. The Hall–Kier alpha value is -1.72. The molecule has 0 bridgehead atoms. The largest absolute Gasteiger partial charge is 0.367 e. The highest BCUT2D eigenvalue weighted by molar-refractivity contribution is 5.80. The molecule has 2 heterocycles. The Kier molecular flexibility index (Phi) is 4.85. The van der Waals surface area contributed by atoms with Gasteiger partial charge in [0.2, 0.25) is 0 Å². The fourth-order valence-electron chi connectivity index (χ4n) is 3.13. The number of nitrogens with one attached hydrogen (secondary N) is 2. The molecule has 3 rings (SSSR count). The summed E-state index contributed by atoms with van der Waals surface area (Å²) < 4.78 is 1.87. The lowest BCUT2D eigenvalue weighted by Crippen LogP contribution is -2.54. The minimum Gasteiger partial charge on any atom is -0.367 e. The average molecular weight is 304 g/mol. The number of aryl methyl sites for hydroxylation is 1. The number of anilines is 1. The van der Waals surface area contributed by atoms with Gasteiger partial charge in [-0.15, -0.1) is 0 Å². The molecule has 0 spiro atoms. The second-order valence-electron chi connectivity index (χ2n) is 6.40. The molecule has 2 N–H and O–H groups in total. The molecule has 1 aromatic heterocycles. The molecule has 2 fully saturated rings. The first-order valence-electron chi connectivity index (χ1n) is 8.55. The molecular formula is C16H28N6. The minimum atomic E-state index is 0.451. The maximum atomic E-state index is 4.60. The van der Waals surface area contributed by atoms with Gasteiger partial charge in [0, 0.05) is 45.0 Å². The lowest BCUT2D eigenvalue weighted by Gasteiger charge is -2.36. The van der Waals surface area contributed by atoms with Gasteiger partial charge < -0.3 is 15.5 Å². The van der Waals surface area contributed by atoms with Gasteiger partial charge >= 0.3 is 0 Å². The molecule has 1 saturated heterocycles. The summed E-state index contributed by atoms with van der Waals surface area (Å²) in [6, 6.07) is 1.07. The first-order valence-corrected chi connectivity index (χ1v) is 8.55. The third-order valence-corrected chi connectivity index (χ3v) is 4.58. The third-order valence-electron chi connectivity index (χ3n) is 4.58. The van der Waals surface area contributed by atoms with Gasteiger partial charge in [-0.05, 0) is 39.0 Å². The van der Waals surface area contributed by atoms with Gasteiger partial charge in [0.15, 0.2) is 5.96 Å². The zero-order valence-electron chi connectivity index (χ0n) is 13.8.